The van der Waals surface area contributed by atoms with Crippen LogP contribution in [0, 0.1) is 5.92 Å². The molecule has 3 heterocycles. The highest BCUT2D eigenvalue weighted by molar-refractivity contribution is 8.03. The van der Waals surface area contributed by atoms with Crippen LogP contribution in [0.15, 0.2) is 41.2 Å². The Hall–Kier alpha value is -1.86. The molecule has 7 heteroatoms. The maximum atomic E-state index is 12.1. The molecule has 6 nitrogen and oxygen atoms in total. The second-order valence-electron chi connectivity index (χ2n) is 5.78. The number of rotatable bonds is 6. The number of pyridine rings is 1. The van der Waals surface area contributed by atoms with E-state index in [9.17, 15) is 19.8 Å². The molecule has 0 spiro atoms. The lowest BCUT2D eigenvalue weighted by atomic mass is 9.83. The first kappa shape index (κ1) is 16.0. The summed E-state index contributed by atoms with van der Waals surface area (Å²) in [4.78, 5) is 25.7. The van der Waals surface area contributed by atoms with Crippen LogP contribution in [0.4, 0.5) is 0 Å². The molecule has 1 saturated heterocycles. The summed E-state index contributed by atoms with van der Waals surface area (Å²) < 4.78 is 2.03. The van der Waals surface area contributed by atoms with Crippen molar-refractivity contribution in [2.75, 3.05) is 5.75 Å². The highest BCUT2D eigenvalue weighted by Gasteiger charge is 2.56. The molecule has 122 valence electrons. The van der Waals surface area contributed by atoms with Gasteiger partial charge in [0.25, 0.3) is 0 Å². The van der Waals surface area contributed by atoms with Gasteiger partial charge >= 0.3 is 5.97 Å². The van der Waals surface area contributed by atoms with Crippen molar-refractivity contribution in [1.29, 1.82) is 0 Å². The number of nitrogens with zero attached hydrogens (tertiary/aromatic N) is 2. The number of aliphatic hydroxyl groups excluding tert-OH is 1. The quantitative estimate of drug-likeness (QED) is 0.588. The van der Waals surface area contributed by atoms with Crippen LogP contribution in [0.3, 0.4) is 0 Å². The van der Waals surface area contributed by atoms with Crippen LogP contribution in [0.25, 0.3) is 0 Å². The van der Waals surface area contributed by atoms with Crippen molar-refractivity contribution >= 4 is 23.6 Å². The van der Waals surface area contributed by atoms with E-state index in [4.69, 9.17) is 0 Å². The van der Waals surface area contributed by atoms with E-state index in [1.54, 1.807) is 6.92 Å². The predicted octanol–water partition coefficient (Wildman–Crippen LogP) is 0.615. The average Bonchev–Trinajstić information content (AvgIpc) is 2.82. The number of amides is 1. The van der Waals surface area contributed by atoms with Crippen LogP contribution in [0.1, 0.15) is 13.3 Å². The summed E-state index contributed by atoms with van der Waals surface area (Å²) in [5.74, 6) is -1.10. The molecule has 0 aromatic carbocycles. The number of aliphatic carboxylic acids is 1. The smallest absolute Gasteiger partial charge is 0.353 e. The Morgan fingerprint density at radius 3 is 2.74 bits per heavy atom. The Kier molecular flexibility index (Phi) is 4.41. The van der Waals surface area contributed by atoms with Gasteiger partial charge in [0.1, 0.15) is 5.70 Å². The van der Waals surface area contributed by atoms with Gasteiger partial charge in [0.05, 0.1) is 23.8 Å². The molecular formula is C16H19N2O4S+. The van der Waals surface area contributed by atoms with Gasteiger partial charge in [-0.1, -0.05) is 6.07 Å². The summed E-state index contributed by atoms with van der Waals surface area (Å²) >= 11 is 1.48. The number of carbonyl (C=O) groups is 2. The van der Waals surface area contributed by atoms with Crippen molar-refractivity contribution in [2.45, 2.75) is 32.0 Å². The van der Waals surface area contributed by atoms with Crippen molar-refractivity contribution in [1.82, 2.24) is 4.90 Å². The summed E-state index contributed by atoms with van der Waals surface area (Å²) in [7, 11) is 0. The molecule has 2 N–H and O–H groups in total. The summed E-state index contributed by atoms with van der Waals surface area (Å²) in [6.45, 7) is 2.35. The van der Waals surface area contributed by atoms with E-state index in [1.807, 2.05) is 35.2 Å². The van der Waals surface area contributed by atoms with E-state index >= 15 is 0 Å². The molecule has 1 aromatic rings. The van der Waals surface area contributed by atoms with Gasteiger partial charge in [0.2, 0.25) is 5.91 Å². The lowest BCUT2D eigenvalue weighted by molar-refractivity contribution is -0.692. The van der Waals surface area contributed by atoms with Gasteiger partial charge in [-0.15, -0.1) is 11.8 Å². The minimum atomic E-state index is -1.07. The summed E-state index contributed by atoms with van der Waals surface area (Å²) in [5.41, 5.74) is 0.0972. The topological polar surface area (TPSA) is 81.7 Å². The first-order valence-electron chi connectivity index (χ1n) is 7.55. The molecule has 0 saturated carbocycles. The van der Waals surface area contributed by atoms with Gasteiger partial charge in [-0.2, -0.15) is 0 Å². The number of carboxylic acid groups (broad SMARTS) is 1. The van der Waals surface area contributed by atoms with E-state index in [1.165, 1.54) is 16.7 Å². The van der Waals surface area contributed by atoms with E-state index in [0.29, 0.717) is 6.42 Å². The van der Waals surface area contributed by atoms with Gasteiger partial charge in [0.15, 0.2) is 18.9 Å². The van der Waals surface area contributed by atoms with E-state index in [2.05, 4.69) is 0 Å². The molecule has 2 aliphatic rings. The number of carbonyl (C=O) groups excluding carboxylic acids is 1. The fourth-order valence-electron chi connectivity index (χ4n) is 3.22. The van der Waals surface area contributed by atoms with Crippen LogP contribution >= 0.6 is 11.8 Å². The zero-order valence-corrected chi connectivity index (χ0v) is 13.6. The second kappa shape index (κ2) is 6.33. The van der Waals surface area contributed by atoms with Crippen molar-refractivity contribution in [3.8, 4) is 0 Å². The van der Waals surface area contributed by atoms with E-state index < -0.39 is 18.0 Å². The van der Waals surface area contributed by atoms with E-state index in [-0.39, 0.29) is 17.6 Å². The highest BCUT2D eigenvalue weighted by atomic mass is 32.2. The molecule has 0 aliphatic carbocycles. The number of hydrogen-bond donors (Lipinski definition) is 2. The number of fused-ring (bicyclic) bond motifs is 1. The summed E-state index contributed by atoms with van der Waals surface area (Å²) in [5, 5.41) is 19.1. The molecule has 0 bridgehead atoms. The number of β-lactam (4-membered cyclic amide) rings is 1. The third-order valence-electron chi connectivity index (χ3n) is 4.29. The van der Waals surface area contributed by atoms with Crippen molar-refractivity contribution in [2.24, 2.45) is 5.92 Å². The van der Waals surface area contributed by atoms with Crippen molar-refractivity contribution in [3.05, 3.63) is 41.2 Å². The van der Waals surface area contributed by atoms with Gasteiger partial charge in [0, 0.05) is 23.5 Å². The number of aryl methyl sites for hydroxylation is 1. The third-order valence-corrected chi connectivity index (χ3v) is 5.39. The lowest BCUT2D eigenvalue weighted by Crippen LogP contribution is -2.61. The van der Waals surface area contributed by atoms with Crippen molar-refractivity contribution < 1.29 is 24.4 Å². The molecule has 3 rings (SSSR count). The zero-order valence-electron chi connectivity index (χ0n) is 12.8. The molecular weight excluding hydrogens is 316 g/mol. The Morgan fingerprint density at radius 1 is 1.43 bits per heavy atom. The first-order valence-corrected chi connectivity index (χ1v) is 8.53. The fourth-order valence-corrected chi connectivity index (χ4v) is 4.38. The Bertz CT molecular complexity index is 659. The minimum Gasteiger partial charge on any atom is -0.477 e. The highest BCUT2D eigenvalue weighted by Crippen LogP contribution is 2.46. The zero-order chi connectivity index (χ0) is 16.6. The summed E-state index contributed by atoms with van der Waals surface area (Å²) in [6, 6.07) is 5.62. The largest absolute Gasteiger partial charge is 0.477 e. The molecule has 0 radical (unpaired) electrons. The van der Waals surface area contributed by atoms with Crippen LogP contribution in [0.5, 0.6) is 0 Å². The Morgan fingerprint density at radius 2 is 2.13 bits per heavy atom. The number of carboxylic acids is 1. The normalized spacial score (nSPS) is 24.4. The standard InChI is InChI=1S/C16H18N2O4S/c1-10(19)13-11-9-12(14(16(21)22)18(11)15(13)20)23-8-7-17-5-3-2-4-6-17/h2-6,10-11,13,19H,7-9H2,1H3/p+1. The number of thioether (sulfide) groups is 1. The lowest BCUT2D eigenvalue weighted by Gasteiger charge is -2.44. The van der Waals surface area contributed by atoms with Crippen molar-refractivity contribution in [3.63, 3.8) is 0 Å². The predicted molar refractivity (Wildman–Crippen MR) is 84.2 cm³/mol. The molecule has 2 aliphatic heterocycles. The van der Waals surface area contributed by atoms with Crippen LogP contribution < -0.4 is 4.57 Å². The molecule has 3 unspecified atom stereocenters. The van der Waals surface area contributed by atoms with Gasteiger partial charge in [-0.25, -0.2) is 9.36 Å². The molecule has 1 fully saturated rings. The number of hydrogen-bond acceptors (Lipinski definition) is 4. The monoisotopic (exact) mass is 335 g/mol. The van der Waals surface area contributed by atoms with Crippen LogP contribution in [0.2, 0.25) is 0 Å². The molecule has 1 aromatic heterocycles. The van der Waals surface area contributed by atoms with Gasteiger partial charge < -0.3 is 15.1 Å². The first-order chi connectivity index (χ1) is 11.0. The van der Waals surface area contributed by atoms with Crippen LogP contribution in [-0.4, -0.2) is 44.9 Å². The maximum absolute atomic E-state index is 12.1. The minimum absolute atomic E-state index is 0.0972. The number of aromatic nitrogens is 1. The fraction of sp³-hybridized carbons (Fsp3) is 0.438. The third kappa shape index (κ3) is 2.86. The maximum Gasteiger partial charge on any atom is 0.353 e. The molecule has 23 heavy (non-hydrogen) atoms. The van der Waals surface area contributed by atoms with Gasteiger partial charge in [-0.05, 0) is 6.92 Å². The summed E-state index contributed by atoms with van der Waals surface area (Å²) in [6.07, 6.45) is 3.69. The van der Waals surface area contributed by atoms with Crippen LogP contribution in [-0.2, 0) is 16.1 Å². The average molecular weight is 335 g/mol. The Balaban J connectivity index is 1.69. The van der Waals surface area contributed by atoms with Gasteiger partial charge in [-0.3, -0.25) is 4.79 Å². The number of aliphatic hydroxyl groups is 1. The molecule has 1 amide bonds. The second-order valence-corrected chi connectivity index (χ2v) is 6.97. The Labute approximate surface area is 138 Å². The SMILES string of the molecule is CC(O)C1C(=O)N2C(C(=O)O)=C(SCC[n+]3ccccc3)CC12. The molecule has 3 atom stereocenters. The van der Waals surface area contributed by atoms with E-state index in [0.717, 1.165) is 17.2 Å².